The summed E-state index contributed by atoms with van der Waals surface area (Å²) in [6.45, 7) is 5.33. The van der Waals surface area contributed by atoms with E-state index in [2.05, 4.69) is 15.9 Å². The fourth-order valence-electron chi connectivity index (χ4n) is 4.34. The summed E-state index contributed by atoms with van der Waals surface area (Å²) < 4.78 is 16.7. The van der Waals surface area contributed by atoms with Crippen LogP contribution in [0.15, 0.2) is 18.2 Å². The predicted molar refractivity (Wildman–Crippen MR) is 99.4 cm³/mol. The molecule has 2 atom stereocenters. The number of ether oxygens (including phenoxy) is 3. The van der Waals surface area contributed by atoms with Gasteiger partial charge in [0, 0.05) is 51.4 Å². The number of rotatable bonds is 6. The van der Waals surface area contributed by atoms with Crippen LogP contribution in [0.25, 0.3) is 0 Å². The molecule has 0 bridgehead atoms. The zero-order valence-corrected chi connectivity index (χ0v) is 15.9. The van der Waals surface area contributed by atoms with Crippen molar-refractivity contribution in [1.29, 1.82) is 0 Å². The molecule has 1 saturated heterocycles. The van der Waals surface area contributed by atoms with Crippen molar-refractivity contribution in [3.05, 3.63) is 23.8 Å². The van der Waals surface area contributed by atoms with Gasteiger partial charge in [0.2, 0.25) is 0 Å². The van der Waals surface area contributed by atoms with E-state index in [1.165, 1.54) is 31.2 Å². The van der Waals surface area contributed by atoms with Crippen LogP contribution in [0.2, 0.25) is 0 Å². The minimum Gasteiger partial charge on any atom is -0.493 e. The summed E-state index contributed by atoms with van der Waals surface area (Å²) in [5, 5.41) is 0. The van der Waals surface area contributed by atoms with E-state index in [1.807, 2.05) is 19.2 Å². The van der Waals surface area contributed by atoms with E-state index >= 15 is 0 Å². The molecule has 0 aromatic heterocycles. The molecule has 1 aliphatic carbocycles. The molecule has 0 N–H and O–H groups in total. The number of hydrogen-bond donors (Lipinski definition) is 0. The molecule has 3 rings (SSSR count). The standard InChI is InChI=1S/C20H32N2O3/c1-23-18-9-5-4-8-17(18)22-13-11-21(12-14-22)15-16-7-6-10-19(24-2)20(16)25-3/h6-7,10,17-18H,4-5,8-9,11-15H2,1-3H3/t17-,18+/m0/s1. The molecule has 0 unspecified atom stereocenters. The zero-order chi connectivity index (χ0) is 17.6. The van der Waals surface area contributed by atoms with Crippen LogP contribution in [0.4, 0.5) is 0 Å². The molecule has 1 aliphatic heterocycles. The average molecular weight is 348 g/mol. The second-order valence-corrected chi connectivity index (χ2v) is 7.09. The van der Waals surface area contributed by atoms with Crippen molar-refractivity contribution in [3.63, 3.8) is 0 Å². The first-order valence-corrected chi connectivity index (χ1v) is 9.46. The summed E-state index contributed by atoms with van der Waals surface area (Å²) in [5.41, 5.74) is 1.20. The Hall–Kier alpha value is -1.30. The van der Waals surface area contributed by atoms with Crippen LogP contribution in [-0.4, -0.2) is 69.5 Å². The summed E-state index contributed by atoms with van der Waals surface area (Å²) in [6, 6.07) is 6.73. The van der Waals surface area contributed by atoms with Gasteiger partial charge in [0.15, 0.2) is 11.5 Å². The van der Waals surface area contributed by atoms with Gasteiger partial charge in [-0.2, -0.15) is 0 Å². The number of para-hydroxylation sites is 1. The SMILES string of the molecule is COc1cccc(CN2CCN([C@H]3CCCC[C@H]3OC)CC2)c1OC. The molecule has 1 aromatic carbocycles. The van der Waals surface area contributed by atoms with Crippen LogP contribution < -0.4 is 9.47 Å². The maximum Gasteiger partial charge on any atom is 0.165 e. The Kier molecular flexibility index (Phi) is 6.57. The summed E-state index contributed by atoms with van der Waals surface area (Å²) in [6.07, 6.45) is 5.56. The molecule has 0 radical (unpaired) electrons. The molecule has 1 saturated carbocycles. The van der Waals surface area contributed by atoms with Gasteiger partial charge in [-0.15, -0.1) is 0 Å². The van der Waals surface area contributed by atoms with Crippen molar-refractivity contribution >= 4 is 0 Å². The van der Waals surface area contributed by atoms with Gasteiger partial charge in [-0.1, -0.05) is 25.0 Å². The van der Waals surface area contributed by atoms with Crippen molar-refractivity contribution in [2.24, 2.45) is 0 Å². The molecule has 140 valence electrons. The predicted octanol–water partition coefficient (Wildman–Crippen LogP) is 2.78. The lowest BCUT2D eigenvalue weighted by Gasteiger charge is -2.43. The molecule has 0 spiro atoms. The molecule has 2 fully saturated rings. The van der Waals surface area contributed by atoms with Crippen molar-refractivity contribution in [1.82, 2.24) is 9.80 Å². The topological polar surface area (TPSA) is 34.2 Å². The van der Waals surface area contributed by atoms with Gasteiger partial charge in [0.1, 0.15) is 0 Å². The van der Waals surface area contributed by atoms with E-state index in [1.54, 1.807) is 14.2 Å². The zero-order valence-electron chi connectivity index (χ0n) is 15.9. The van der Waals surface area contributed by atoms with Crippen LogP contribution in [0.5, 0.6) is 11.5 Å². The first-order valence-electron chi connectivity index (χ1n) is 9.46. The number of piperazine rings is 1. The second-order valence-electron chi connectivity index (χ2n) is 7.09. The highest BCUT2D eigenvalue weighted by atomic mass is 16.5. The molecule has 5 nitrogen and oxygen atoms in total. The van der Waals surface area contributed by atoms with Gasteiger partial charge in [-0.25, -0.2) is 0 Å². The summed E-state index contributed by atoms with van der Waals surface area (Å²) in [5.74, 6) is 1.67. The van der Waals surface area contributed by atoms with Crippen LogP contribution >= 0.6 is 0 Å². The fraction of sp³-hybridized carbons (Fsp3) is 0.700. The largest absolute Gasteiger partial charge is 0.493 e. The van der Waals surface area contributed by atoms with E-state index in [-0.39, 0.29) is 0 Å². The van der Waals surface area contributed by atoms with Gasteiger partial charge >= 0.3 is 0 Å². The summed E-state index contributed by atoms with van der Waals surface area (Å²) in [7, 11) is 5.28. The van der Waals surface area contributed by atoms with E-state index in [9.17, 15) is 0 Å². The third kappa shape index (κ3) is 4.27. The second kappa shape index (κ2) is 8.88. The Morgan fingerprint density at radius 1 is 0.960 bits per heavy atom. The lowest BCUT2D eigenvalue weighted by atomic mass is 9.90. The third-order valence-corrected chi connectivity index (χ3v) is 5.72. The highest BCUT2D eigenvalue weighted by Crippen LogP contribution is 2.32. The van der Waals surface area contributed by atoms with E-state index in [0.717, 1.165) is 44.2 Å². The first-order chi connectivity index (χ1) is 12.3. The monoisotopic (exact) mass is 348 g/mol. The Balaban J connectivity index is 1.58. The minimum absolute atomic E-state index is 0.416. The molecular weight excluding hydrogens is 316 g/mol. The first kappa shape index (κ1) is 18.5. The van der Waals surface area contributed by atoms with Crippen molar-refractivity contribution < 1.29 is 14.2 Å². The number of nitrogens with zero attached hydrogens (tertiary/aromatic N) is 2. The van der Waals surface area contributed by atoms with E-state index in [4.69, 9.17) is 14.2 Å². The molecule has 1 aromatic rings. The summed E-state index contributed by atoms with van der Waals surface area (Å²) >= 11 is 0. The maximum absolute atomic E-state index is 5.75. The number of benzene rings is 1. The van der Waals surface area contributed by atoms with Crippen molar-refractivity contribution in [2.45, 2.75) is 44.4 Å². The van der Waals surface area contributed by atoms with Crippen molar-refractivity contribution in [3.8, 4) is 11.5 Å². The highest BCUT2D eigenvalue weighted by molar-refractivity contribution is 5.46. The lowest BCUT2D eigenvalue weighted by molar-refractivity contribution is -0.0279. The molecule has 25 heavy (non-hydrogen) atoms. The van der Waals surface area contributed by atoms with Crippen LogP contribution in [0.3, 0.4) is 0 Å². The van der Waals surface area contributed by atoms with Gasteiger partial charge < -0.3 is 14.2 Å². The van der Waals surface area contributed by atoms with Crippen LogP contribution in [-0.2, 0) is 11.3 Å². The number of methoxy groups -OCH3 is 3. The van der Waals surface area contributed by atoms with Crippen molar-refractivity contribution in [2.75, 3.05) is 47.5 Å². The maximum atomic E-state index is 5.75. The van der Waals surface area contributed by atoms with Crippen LogP contribution in [0, 0.1) is 0 Å². The Morgan fingerprint density at radius 3 is 2.40 bits per heavy atom. The fourth-order valence-corrected chi connectivity index (χ4v) is 4.34. The van der Waals surface area contributed by atoms with Gasteiger partial charge in [0.05, 0.1) is 20.3 Å². The third-order valence-electron chi connectivity index (χ3n) is 5.72. The smallest absolute Gasteiger partial charge is 0.165 e. The Morgan fingerprint density at radius 2 is 1.72 bits per heavy atom. The average Bonchev–Trinajstić information content (AvgIpc) is 2.68. The number of hydrogen-bond acceptors (Lipinski definition) is 5. The highest BCUT2D eigenvalue weighted by Gasteiger charge is 2.32. The summed E-state index contributed by atoms with van der Waals surface area (Å²) in [4.78, 5) is 5.16. The molecular formula is C20H32N2O3. The van der Waals surface area contributed by atoms with Crippen LogP contribution in [0.1, 0.15) is 31.2 Å². The van der Waals surface area contributed by atoms with E-state index in [0.29, 0.717) is 12.1 Å². The Bertz CT molecular complexity index is 544. The molecule has 0 amide bonds. The normalized spacial score (nSPS) is 25.7. The minimum atomic E-state index is 0.416. The molecule has 1 heterocycles. The van der Waals surface area contributed by atoms with Gasteiger partial charge in [-0.3, -0.25) is 9.80 Å². The Labute approximate surface area is 151 Å². The molecule has 2 aliphatic rings. The quantitative estimate of drug-likeness (QED) is 0.790. The van der Waals surface area contributed by atoms with E-state index < -0.39 is 0 Å². The lowest BCUT2D eigenvalue weighted by Crippen LogP contribution is -2.54. The van der Waals surface area contributed by atoms with Gasteiger partial charge in [-0.05, 0) is 18.9 Å². The van der Waals surface area contributed by atoms with Gasteiger partial charge in [0.25, 0.3) is 0 Å². The molecule has 5 heteroatoms.